The zero-order chi connectivity index (χ0) is 13.3. The molecule has 0 aromatic heterocycles. The van der Waals surface area contributed by atoms with Crippen molar-refractivity contribution in [2.24, 2.45) is 5.92 Å². The molecule has 0 aromatic carbocycles. The molecule has 0 bridgehead atoms. The van der Waals surface area contributed by atoms with Crippen molar-refractivity contribution in [3.05, 3.63) is 0 Å². The van der Waals surface area contributed by atoms with Crippen molar-refractivity contribution < 1.29 is 14.3 Å². The Bertz CT molecular complexity index is 295. The van der Waals surface area contributed by atoms with Crippen LogP contribution in [0.1, 0.15) is 39.5 Å². The van der Waals surface area contributed by atoms with Gasteiger partial charge in [0.15, 0.2) is 0 Å². The molecule has 0 radical (unpaired) electrons. The van der Waals surface area contributed by atoms with E-state index < -0.39 is 12.0 Å². The maximum atomic E-state index is 11.5. The minimum absolute atomic E-state index is 0.160. The quantitative estimate of drug-likeness (QED) is 0.538. The highest BCUT2D eigenvalue weighted by Gasteiger charge is 2.21. The molecule has 1 atom stereocenters. The highest BCUT2D eigenvalue weighted by molar-refractivity contribution is 5.84. The van der Waals surface area contributed by atoms with Crippen molar-refractivity contribution in [1.29, 1.82) is 5.26 Å². The molecule has 0 saturated carbocycles. The number of nitriles is 1. The molecule has 5 nitrogen and oxygen atoms in total. The third-order valence-corrected chi connectivity index (χ3v) is 2.20. The summed E-state index contributed by atoms with van der Waals surface area (Å²) >= 11 is 0. The lowest BCUT2D eigenvalue weighted by Crippen LogP contribution is -2.41. The van der Waals surface area contributed by atoms with Crippen LogP contribution in [0.15, 0.2) is 0 Å². The second-order valence-corrected chi connectivity index (χ2v) is 4.29. The second-order valence-electron chi connectivity index (χ2n) is 4.29. The van der Waals surface area contributed by atoms with Gasteiger partial charge in [0.05, 0.1) is 13.2 Å². The van der Waals surface area contributed by atoms with Gasteiger partial charge < -0.3 is 10.1 Å². The maximum Gasteiger partial charge on any atom is 0.328 e. The van der Waals surface area contributed by atoms with Gasteiger partial charge in [0.25, 0.3) is 0 Å². The topological polar surface area (TPSA) is 79.2 Å². The summed E-state index contributed by atoms with van der Waals surface area (Å²) in [5, 5.41) is 11.1. The van der Waals surface area contributed by atoms with Crippen molar-refractivity contribution in [2.75, 3.05) is 7.11 Å². The van der Waals surface area contributed by atoms with Crippen LogP contribution in [0.5, 0.6) is 0 Å². The Labute approximate surface area is 102 Å². The van der Waals surface area contributed by atoms with Crippen LogP contribution in [0.25, 0.3) is 0 Å². The summed E-state index contributed by atoms with van der Waals surface area (Å²) in [7, 11) is 1.29. The Hall–Kier alpha value is -1.57. The SMILES string of the molecule is COC(=O)[C@H](CCCC#N)NC(=O)CC(C)C. The van der Waals surface area contributed by atoms with Gasteiger partial charge in [0.2, 0.25) is 5.91 Å². The average Bonchev–Trinajstić information content (AvgIpc) is 2.26. The number of unbranched alkanes of at least 4 members (excludes halogenated alkanes) is 1. The fourth-order valence-electron chi connectivity index (χ4n) is 1.40. The van der Waals surface area contributed by atoms with Crippen molar-refractivity contribution in [3.63, 3.8) is 0 Å². The molecule has 0 aliphatic rings. The highest BCUT2D eigenvalue weighted by Crippen LogP contribution is 2.05. The van der Waals surface area contributed by atoms with Crippen LogP contribution in [0.2, 0.25) is 0 Å². The summed E-state index contributed by atoms with van der Waals surface area (Å²) in [6.07, 6.45) is 1.75. The van der Waals surface area contributed by atoms with Gasteiger partial charge in [-0.2, -0.15) is 5.26 Å². The van der Waals surface area contributed by atoms with Gasteiger partial charge in [-0.05, 0) is 18.8 Å². The summed E-state index contributed by atoms with van der Waals surface area (Å²) in [6, 6.07) is 1.36. The molecule has 0 fully saturated rings. The minimum Gasteiger partial charge on any atom is -0.467 e. The number of carbonyl (C=O) groups excluding carboxylic acids is 2. The molecule has 0 aliphatic carbocycles. The smallest absolute Gasteiger partial charge is 0.328 e. The predicted molar refractivity (Wildman–Crippen MR) is 62.9 cm³/mol. The van der Waals surface area contributed by atoms with Crippen LogP contribution in [0.4, 0.5) is 0 Å². The molecule has 0 spiro atoms. The predicted octanol–water partition coefficient (Wildman–Crippen LogP) is 1.38. The van der Waals surface area contributed by atoms with Gasteiger partial charge in [0, 0.05) is 12.8 Å². The molecular formula is C12H20N2O3. The lowest BCUT2D eigenvalue weighted by Gasteiger charge is -2.16. The Kier molecular flexibility index (Phi) is 7.78. The van der Waals surface area contributed by atoms with E-state index in [9.17, 15) is 9.59 Å². The molecule has 0 heterocycles. The Balaban J connectivity index is 4.24. The number of rotatable bonds is 7. The van der Waals surface area contributed by atoms with Gasteiger partial charge in [-0.25, -0.2) is 4.79 Å². The molecule has 0 aromatic rings. The van der Waals surface area contributed by atoms with E-state index >= 15 is 0 Å². The monoisotopic (exact) mass is 240 g/mol. The largest absolute Gasteiger partial charge is 0.467 e. The third kappa shape index (κ3) is 7.34. The number of carbonyl (C=O) groups is 2. The van der Waals surface area contributed by atoms with Gasteiger partial charge >= 0.3 is 5.97 Å². The fourth-order valence-corrected chi connectivity index (χ4v) is 1.40. The van der Waals surface area contributed by atoms with E-state index in [1.165, 1.54) is 7.11 Å². The first kappa shape index (κ1) is 15.4. The molecular weight excluding hydrogens is 220 g/mol. The van der Waals surface area contributed by atoms with E-state index in [2.05, 4.69) is 10.1 Å². The van der Waals surface area contributed by atoms with Gasteiger partial charge in [-0.3, -0.25) is 4.79 Å². The van der Waals surface area contributed by atoms with Crippen LogP contribution in [0.3, 0.4) is 0 Å². The van der Waals surface area contributed by atoms with Gasteiger partial charge in [-0.15, -0.1) is 0 Å². The van der Waals surface area contributed by atoms with Crippen LogP contribution >= 0.6 is 0 Å². The van der Waals surface area contributed by atoms with Gasteiger partial charge in [0.1, 0.15) is 6.04 Å². The van der Waals surface area contributed by atoms with Crippen LogP contribution < -0.4 is 5.32 Å². The van der Waals surface area contributed by atoms with E-state index in [-0.39, 0.29) is 11.8 Å². The average molecular weight is 240 g/mol. The Morgan fingerprint density at radius 2 is 2.06 bits per heavy atom. The molecule has 0 rings (SSSR count). The standard InChI is InChI=1S/C12H20N2O3/c1-9(2)8-11(15)14-10(12(16)17-3)6-4-5-7-13/h9-10H,4-6,8H2,1-3H3,(H,14,15)/t10-/m0/s1. The number of amides is 1. The number of hydrogen-bond acceptors (Lipinski definition) is 4. The number of esters is 1. The number of ether oxygens (including phenoxy) is 1. The second kappa shape index (κ2) is 8.57. The van der Waals surface area contributed by atoms with Crippen molar-refractivity contribution in [2.45, 2.75) is 45.6 Å². The lowest BCUT2D eigenvalue weighted by molar-refractivity contribution is -0.145. The molecule has 1 N–H and O–H groups in total. The summed E-state index contributed by atoms with van der Waals surface area (Å²) in [6.45, 7) is 3.87. The van der Waals surface area contributed by atoms with E-state index in [1.54, 1.807) is 0 Å². The van der Waals surface area contributed by atoms with E-state index in [1.807, 2.05) is 19.9 Å². The normalized spacial score (nSPS) is 11.7. The highest BCUT2D eigenvalue weighted by atomic mass is 16.5. The number of hydrogen-bond donors (Lipinski definition) is 1. The first-order valence-corrected chi connectivity index (χ1v) is 5.75. The zero-order valence-electron chi connectivity index (χ0n) is 10.7. The zero-order valence-corrected chi connectivity index (χ0v) is 10.7. The fraction of sp³-hybridized carbons (Fsp3) is 0.750. The summed E-state index contributed by atoms with van der Waals surface area (Å²) in [4.78, 5) is 22.9. The Morgan fingerprint density at radius 1 is 1.41 bits per heavy atom. The van der Waals surface area contributed by atoms with Crippen LogP contribution in [-0.2, 0) is 14.3 Å². The minimum atomic E-state index is -0.639. The molecule has 96 valence electrons. The molecule has 17 heavy (non-hydrogen) atoms. The van der Waals surface area contributed by atoms with Crippen molar-refractivity contribution in [1.82, 2.24) is 5.32 Å². The van der Waals surface area contributed by atoms with Crippen LogP contribution in [0, 0.1) is 17.2 Å². The Morgan fingerprint density at radius 3 is 2.53 bits per heavy atom. The van der Waals surface area contributed by atoms with Crippen molar-refractivity contribution >= 4 is 11.9 Å². The van der Waals surface area contributed by atoms with E-state index in [4.69, 9.17) is 5.26 Å². The third-order valence-electron chi connectivity index (χ3n) is 2.20. The number of nitrogens with one attached hydrogen (secondary N) is 1. The molecule has 5 heteroatoms. The first-order valence-electron chi connectivity index (χ1n) is 5.75. The molecule has 0 unspecified atom stereocenters. The van der Waals surface area contributed by atoms with Crippen molar-refractivity contribution in [3.8, 4) is 6.07 Å². The summed E-state index contributed by atoms with van der Waals surface area (Å²) in [5.41, 5.74) is 0. The number of methoxy groups -OCH3 is 1. The first-order chi connectivity index (χ1) is 8.01. The van der Waals surface area contributed by atoms with Crippen LogP contribution in [-0.4, -0.2) is 25.0 Å². The molecule has 0 aliphatic heterocycles. The lowest BCUT2D eigenvalue weighted by atomic mass is 10.1. The van der Waals surface area contributed by atoms with E-state index in [0.29, 0.717) is 25.7 Å². The molecule has 1 amide bonds. The summed E-state index contributed by atoms with van der Waals surface area (Å²) < 4.78 is 4.61. The maximum absolute atomic E-state index is 11.5. The van der Waals surface area contributed by atoms with Gasteiger partial charge in [-0.1, -0.05) is 13.8 Å². The number of nitrogens with zero attached hydrogens (tertiary/aromatic N) is 1. The molecule has 0 saturated heterocycles. The van der Waals surface area contributed by atoms with E-state index in [0.717, 1.165) is 0 Å². The summed E-state index contributed by atoms with van der Waals surface area (Å²) in [5.74, 6) is -0.375.